The lowest BCUT2D eigenvalue weighted by atomic mass is 9.75. The predicted octanol–water partition coefficient (Wildman–Crippen LogP) is 7.15. The first kappa shape index (κ1) is 26.3. The quantitative estimate of drug-likeness (QED) is 0.328. The van der Waals surface area contributed by atoms with Crippen molar-refractivity contribution in [3.05, 3.63) is 59.3 Å². The maximum atomic E-state index is 13.2. The number of hydrogen-bond acceptors (Lipinski definition) is 4. The first-order chi connectivity index (χ1) is 18.4. The summed E-state index contributed by atoms with van der Waals surface area (Å²) < 4.78 is 7.21. The molecule has 3 aromatic rings. The monoisotopic (exact) mass is 515 g/mol. The number of benzene rings is 2. The average molecular weight is 516 g/mol. The highest BCUT2D eigenvalue weighted by Crippen LogP contribution is 2.43. The number of phenols is 1. The van der Waals surface area contributed by atoms with Gasteiger partial charge in [0.1, 0.15) is 11.5 Å². The first-order valence-corrected chi connectivity index (χ1v) is 14.2. The zero-order valence-electron chi connectivity index (χ0n) is 23.0. The Morgan fingerprint density at radius 2 is 1.82 bits per heavy atom. The van der Waals surface area contributed by atoms with Crippen molar-refractivity contribution >= 4 is 11.6 Å². The van der Waals surface area contributed by atoms with Crippen LogP contribution in [0.15, 0.2) is 42.6 Å². The lowest BCUT2D eigenvalue weighted by Crippen LogP contribution is -2.25. The summed E-state index contributed by atoms with van der Waals surface area (Å²) in [6.07, 6.45) is 12.6. The van der Waals surface area contributed by atoms with Gasteiger partial charge in [-0.2, -0.15) is 5.10 Å². The molecule has 1 aromatic heterocycles. The normalized spacial score (nSPS) is 20.3. The van der Waals surface area contributed by atoms with Gasteiger partial charge in [0.2, 0.25) is 5.91 Å². The van der Waals surface area contributed by atoms with Crippen LogP contribution < -0.4 is 10.1 Å². The van der Waals surface area contributed by atoms with Gasteiger partial charge in [0.25, 0.3) is 0 Å². The number of carbonyl (C=O) groups is 1. The van der Waals surface area contributed by atoms with Crippen LogP contribution in [0, 0.1) is 18.8 Å². The van der Waals surface area contributed by atoms with E-state index < -0.39 is 0 Å². The van der Waals surface area contributed by atoms with Gasteiger partial charge in [-0.3, -0.25) is 9.48 Å². The summed E-state index contributed by atoms with van der Waals surface area (Å²) in [5, 5.41) is 18.9. The maximum Gasteiger partial charge on any atom is 0.227 e. The first-order valence-electron chi connectivity index (χ1n) is 14.2. The third-order valence-electron chi connectivity index (χ3n) is 8.72. The molecule has 2 fully saturated rings. The molecule has 0 radical (unpaired) electrons. The van der Waals surface area contributed by atoms with Crippen LogP contribution in [0.1, 0.15) is 80.4 Å². The molecule has 2 aliphatic rings. The highest BCUT2D eigenvalue weighted by molar-refractivity contribution is 5.95. The van der Waals surface area contributed by atoms with Crippen LogP contribution in [0.2, 0.25) is 0 Å². The molecule has 0 bridgehead atoms. The van der Waals surface area contributed by atoms with Crippen LogP contribution in [0.25, 0.3) is 11.3 Å². The molecule has 2 aliphatic carbocycles. The molecule has 2 aromatic carbocycles. The molecule has 1 heterocycles. The van der Waals surface area contributed by atoms with Crippen molar-refractivity contribution in [1.82, 2.24) is 9.78 Å². The number of anilines is 1. The molecule has 2 N–H and O–H groups in total. The Hall–Kier alpha value is -3.28. The minimum absolute atomic E-state index is 0.0760. The number of aromatic hydroxyl groups is 1. The van der Waals surface area contributed by atoms with Crippen molar-refractivity contribution in [2.24, 2.45) is 18.9 Å². The van der Waals surface area contributed by atoms with Crippen LogP contribution >= 0.6 is 0 Å². The van der Waals surface area contributed by atoms with E-state index in [1.807, 2.05) is 25.4 Å². The Labute approximate surface area is 226 Å². The summed E-state index contributed by atoms with van der Waals surface area (Å²) in [5.74, 6) is 2.39. The molecule has 0 spiro atoms. The summed E-state index contributed by atoms with van der Waals surface area (Å²) in [4.78, 5) is 13.2. The molecule has 2 saturated carbocycles. The summed E-state index contributed by atoms with van der Waals surface area (Å²) in [6, 6.07) is 12.1. The van der Waals surface area contributed by atoms with E-state index >= 15 is 0 Å². The number of aryl methyl sites for hydroxylation is 2. The lowest BCUT2D eigenvalue weighted by Gasteiger charge is -2.30. The van der Waals surface area contributed by atoms with E-state index in [9.17, 15) is 9.90 Å². The SMILES string of the molecule is COc1ccc(C2CCC(Cc3c(NC(=O)C4CCCCC4)ccc(O)c3-c3ccn(C)n3)CC2)cc1C. The van der Waals surface area contributed by atoms with Crippen LogP contribution in [-0.2, 0) is 18.3 Å². The van der Waals surface area contributed by atoms with Gasteiger partial charge in [-0.05, 0) is 105 Å². The second-order valence-electron chi connectivity index (χ2n) is 11.3. The number of rotatable bonds is 7. The van der Waals surface area contributed by atoms with Gasteiger partial charge in [0, 0.05) is 30.4 Å². The van der Waals surface area contributed by atoms with Crippen molar-refractivity contribution in [3.63, 3.8) is 0 Å². The Morgan fingerprint density at radius 1 is 1.05 bits per heavy atom. The Kier molecular flexibility index (Phi) is 8.06. The molecule has 0 unspecified atom stereocenters. The fourth-order valence-corrected chi connectivity index (χ4v) is 6.54. The van der Waals surface area contributed by atoms with Gasteiger partial charge < -0.3 is 15.2 Å². The van der Waals surface area contributed by atoms with Gasteiger partial charge in [-0.1, -0.05) is 31.4 Å². The maximum absolute atomic E-state index is 13.2. The molecule has 0 aliphatic heterocycles. The Morgan fingerprint density at radius 3 is 2.47 bits per heavy atom. The molecular formula is C32H41N3O3. The van der Waals surface area contributed by atoms with Crippen molar-refractivity contribution in [3.8, 4) is 22.8 Å². The van der Waals surface area contributed by atoms with E-state index in [2.05, 4.69) is 35.5 Å². The summed E-state index contributed by atoms with van der Waals surface area (Å²) >= 11 is 0. The van der Waals surface area contributed by atoms with E-state index in [1.165, 1.54) is 17.5 Å². The predicted molar refractivity (Wildman–Crippen MR) is 152 cm³/mol. The number of carbonyl (C=O) groups excluding carboxylic acids is 1. The Bertz CT molecular complexity index is 1270. The van der Waals surface area contributed by atoms with E-state index in [1.54, 1.807) is 17.9 Å². The molecule has 6 heteroatoms. The van der Waals surface area contributed by atoms with Crippen LogP contribution in [0.5, 0.6) is 11.5 Å². The van der Waals surface area contributed by atoms with E-state index in [0.29, 0.717) is 11.8 Å². The van der Waals surface area contributed by atoms with Gasteiger partial charge >= 0.3 is 0 Å². The number of phenolic OH excluding ortho intramolecular Hbond substituents is 1. The molecule has 5 rings (SSSR count). The fraction of sp³-hybridized carbons (Fsp3) is 0.500. The number of ether oxygens (including phenoxy) is 1. The number of methoxy groups -OCH3 is 1. The zero-order chi connectivity index (χ0) is 26.6. The van der Waals surface area contributed by atoms with Gasteiger partial charge in [-0.25, -0.2) is 0 Å². The standard InChI is InChI=1S/C32H41N3O3/c1-21-19-25(13-16-30(21)38-3)23-11-9-22(10-12-23)20-26-27(33-32(37)24-7-5-4-6-8-24)14-15-29(36)31(26)28-17-18-35(2)34-28/h13-19,22-24,36H,4-12,20H2,1-3H3,(H,33,37). The second kappa shape index (κ2) is 11.6. The van der Waals surface area contributed by atoms with Crippen molar-refractivity contribution in [2.45, 2.75) is 77.0 Å². The average Bonchev–Trinajstić information content (AvgIpc) is 3.36. The van der Waals surface area contributed by atoms with Crippen molar-refractivity contribution < 1.29 is 14.6 Å². The molecule has 0 saturated heterocycles. The zero-order valence-corrected chi connectivity index (χ0v) is 23.0. The number of hydrogen-bond donors (Lipinski definition) is 2. The summed E-state index contributed by atoms with van der Waals surface area (Å²) in [7, 11) is 3.61. The summed E-state index contributed by atoms with van der Waals surface area (Å²) in [5.41, 5.74) is 5.92. The molecule has 202 valence electrons. The minimum atomic E-state index is 0.0760. The van der Waals surface area contributed by atoms with Gasteiger partial charge in [0.05, 0.1) is 12.8 Å². The minimum Gasteiger partial charge on any atom is -0.507 e. The second-order valence-corrected chi connectivity index (χ2v) is 11.3. The lowest BCUT2D eigenvalue weighted by molar-refractivity contribution is -0.120. The molecule has 1 amide bonds. The highest BCUT2D eigenvalue weighted by Gasteiger charge is 2.28. The van der Waals surface area contributed by atoms with E-state index in [-0.39, 0.29) is 17.6 Å². The van der Waals surface area contributed by atoms with Gasteiger partial charge in [-0.15, -0.1) is 0 Å². The smallest absolute Gasteiger partial charge is 0.227 e. The highest BCUT2D eigenvalue weighted by atomic mass is 16.5. The number of aromatic nitrogens is 2. The number of amides is 1. The van der Waals surface area contributed by atoms with Crippen molar-refractivity contribution in [2.75, 3.05) is 12.4 Å². The molecule has 0 atom stereocenters. The largest absolute Gasteiger partial charge is 0.507 e. The molecular weight excluding hydrogens is 474 g/mol. The number of nitrogens with zero attached hydrogens (tertiary/aromatic N) is 2. The Balaban J connectivity index is 1.37. The molecule has 38 heavy (non-hydrogen) atoms. The third-order valence-corrected chi connectivity index (χ3v) is 8.72. The van der Waals surface area contributed by atoms with Crippen molar-refractivity contribution in [1.29, 1.82) is 0 Å². The molecule has 6 nitrogen and oxygen atoms in total. The van der Waals surface area contributed by atoms with E-state index in [4.69, 9.17) is 4.74 Å². The van der Waals surface area contributed by atoms with Crippen LogP contribution in [0.4, 0.5) is 5.69 Å². The van der Waals surface area contributed by atoms with Gasteiger partial charge in [0.15, 0.2) is 0 Å². The topological polar surface area (TPSA) is 76.4 Å². The third kappa shape index (κ3) is 5.74. The number of nitrogens with one attached hydrogen (secondary N) is 1. The van der Waals surface area contributed by atoms with Crippen LogP contribution in [-0.4, -0.2) is 27.9 Å². The summed E-state index contributed by atoms with van der Waals surface area (Å²) in [6.45, 7) is 2.11. The van der Waals surface area contributed by atoms with Crippen LogP contribution in [0.3, 0.4) is 0 Å². The van der Waals surface area contributed by atoms with E-state index in [0.717, 1.165) is 86.0 Å². The fourth-order valence-electron chi connectivity index (χ4n) is 6.54.